The van der Waals surface area contributed by atoms with E-state index in [4.69, 9.17) is 4.74 Å². The maximum absolute atomic E-state index is 13.5. The van der Waals surface area contributed by atoms with E-state index in [9.17, 15) is 31.9 Å². The number of nitrogens with one attached hydrogen (secondary N) is 2. The average Bonchev–Trinajstić information content (AvgIpc) is 3.31. The minimum atomic E-state index is -4.84. The van der Waals surface area contributed by atoms with Gasteiger partial charge in [-0.2, -0.15) is 18.3 Å². The summed E-state index contributed by atoms with van der Waals surface area (Å²) in [6.45, 7) is 2.53. The van der Waals surface area contributed by atoms with Crippen LogP contribution in [-0.4, -0.2) is 89.2 Å². The molecule has 1 aromatic heterocycles. The van der Waals surface area contributed by atoms with Crippen molar-refractivity contribution in [1.82, 2.24) is 30.2 Å². The van der Waals surface area contributed by atoms with Crippen LogP contribution in [-0.2, 0) is 10.9 Å². The third-order valence-corrected chi connectivity index (χ3v) is 5.65. The lowest BCUT2D eigenvalue weighted by atomic mass is 10.1. The van der Waals surface area contributed by atoms with E-state index in [1.54, 1.807) is 44.2 Å². The Morgan fingerprint density at radius 3 is 2.27 bits per heavy atom. The Bertz CT molecular complexity index is 1080. The van der Waals surface area contributed by atoms with Crippen molar-refractivity contribution < 1.29 is 36.7 Å². The molecule has 2 aromatic rings. The highest BCUT2D eigenvalue weighted by Gasteiger charge is 2.39. The number of carbonyl (C=O) groups is 3. The number of hydrogen-bond donors (Lipinski definition) is 2. The molecule has 1 aromatic carbocycles. The first kappa shape index (κ1) is 27.7. The molecule has 1 aliphatic rings. The molecule has 0 bridgehead atoms. The van der Waals surface area contributed by atoms with Gasteiger partial charge in [0, 0.05) is 44.5 Å². The maximum atomic E-state index is 13.5. The van der Waals surface area contributed by atoms with Crippen molar-refractivity contribution in [2.45, 2.75) is 32.1 Å². The number of halogens is 4. The van der Waals surface area contributed by atoms with Crippen molar-refractivity contribution in [3.05, 3.63) is 47.8 Å². The number of alkyl halides is 4. The molecule has 2 heterocycles. The molecular formula is C23H28F4N6O4. The van der Waals surface area contributed by atoms with Gasteiger partial charge < -0.3 is 25.2 Å². The molecule has 0 aliphatic carbocycles. The summed E-state index contributed by atoms with van der Waals surface area (Å²) >= 11 is 0. The number of amides is 4. The molecule has 3 rings (SSSR count). The van der Waals surface area contributed by atoms with E-state index in [-0.39, 0.29) is 44.9 Å². The van der Waals surface area contributed by atoms with Crippen LogP contribution in [0.25, 0.3) is 5.69 Å². The molecule has 202 valence electrons. The lowest BCUT2D eigenvalue weighted by Gasteiger charge is -2.43. The summed E-state index contributed by atoms with van der Waals surface area (Å²) in [6, 6.07) is 6.85. The second-order valence-electron chi connectivity index (χ2n) is 8.47. The molecule has 1 saturated heterocycles. The van der Waals surface area contributed by atoms with Crippen LogP contribution < -0.4 is 10.6 Å². The predicted molar refractivity (Wildman–Crippen MR) is 124 cm³/mol. The molecule has 0 radical (unpaired) electrons. The van der Waals surface area contributed by atoms with E-state index in [1.807, 2.05) is 0 Å². The van der Waals surface area contributed by atoms with Crippen molar-refractivity contribution in [1.29, 1.82) is 0 Å². The van der Waals surface area contributed by atoms with Crippen molar-refractivity contribution in [2.75, 3.05) is 39.5 Å². The summed E-state index contributed by atoms with van der Waals surface area (Å²) in [4.78, 5) is 40.1. The fourth-order valence-corrected chi connectivity index (χ4v) is 4.08. The van der Waals surface area contributed by atoms with Crippen LogP contribution in [0, 0.1) is 0 Å². The first-order valence-electron chi connectivity index (χ1n) is 11.6. The topological polar surface area (TPSA) is 109 Å². The second kappa shape index (κ2) is 11.9. The Hall–Kier alpha value is -3.84. The van der Waals surface area contributed by atoms with E-state index in [0.717, 1.165) is 10.9 Å². The van der Waals surface area contributed by atoms with Gasteiger partial charge in [-0.15, -0.1) is 0 Å². The zero-order valence-corrected chi connectivity index (χ0v) is 20.3. The molecule has 2 N–H and O–H groups in total. The van der Waals surface area contributed by atoms with Crippen LogP contribution in [0.1, 0.15) is 29.9 Å². The van der Waals surface area contributed by atoms with E-state index in [0.29, 0.717) is 5.69 Å². The highest BCUT2D eigenvalue weighted by molar-refractivity contribution is 5.95. The van der Waals surface area contributed by atoms with Crippen LogP contribution in [0.2, 0.25) is 0 Å². The molecular weight excluding hydrogens is 500 g/mol. The highest BCUT2D eigenvalue weighted by Crippen LogP contribution is 2.31. The summed E-state index contributed by atoms with van der Waals surface area (Å²) in [6.07, 6.45) is -4.49. The number of urea groups is 1. The minimum Gasteiger partial charge on any atom is -0.447 e. The van der Waals surface area contributed by atoms with Gasteiger partial charge in [0.2, 0.25) is 0 Å². The van der Waals surface area contributed by atoms with E-state index in [1.165, 1.54) is 9.80 Å². The van der Waals surface area contributed by atoms with Gasteiger partial charge in [-0.25, -0.2) is 18.7 Å². The third kappa shape index (κ3) is 6.89. The number of nitrogens with zero attached hydrogens (tertiary/aromatic N) is 4. The van der Waals surface area contributed by atoms with Gasteiger partial charge >= 0.3 is 18.3 Å². The van der Waals surface area contributed by atoms with Gasteiger partial charge in [0.1, 0.15) is 13.3 Å². The first-order valence-corrected chi connectivity index (χ1v) is 11.6. The number of piperazine rings is 1. The normalized spacial score (nSPS) is 17.9. The van der Waals surface area contributed by atoms with E-state index in [2.05, 4.69) is 15.7 Å². The lowest BCUT2D eigenvalue weighted by Crippen LogP contribution is -2.62. The number of hydrogen-bond acceptors (Lipinski definition) is 5. The van der Waals surface area contributed by atoms with Gasteiger partial charge in [0.25, 0.3) is 5.91 Å². The van der Waals surface area contributed by atoms with Crippen molar-refractivity contribution in [2.24, 2.45) is 0 Å². The van der Waals surface area contributed by atoms with Gasteiger partial charge in [-0.3, -0.25) is 4.79 Å². The van der Waals surface area contributed by atoms with Crippen LogP contribution in [0.3, 0.4) is 0 Å². The summed E-state index contributed by atoms with van der Waals surface area (Å²) in [5.74, 6) is -0.981. The summed E-state index contributed by atoms with van der Waals surface area (Å²) in [5, 5.41) is 8.53. The largest absolute Gasteiger partial charge is 0.447 e. The molecule has 14 heteroatoms. The monoisotopic (exact) mass is 528 g/mol. The van der Waals surface area contributed by atoms with Gasteiger partial charge in [-0.05, 0) is 26.0 Å². The number of benzene rings is 1. The Kier molecular flexibility index (Phi) is 8.95. The zero-order valence-electron chi connectivity index (χ0n) is 20.3. The summed E-state index contributed by atoms with van der Waals surface area (Å²) in [5.41, 5.74) is -1.59. The predicted octanol–water partition coefficient (Wildman–Crippen LogP) is 2.83. The van der Waals surface area contributed by atoms with Gasteiger partial charge in [0.15, 0.2) is 5.69 Å². The fraction of sp³-hybridized carbons (Fsp3) is 0.478. The van der Waals surface area contributed by atoms with Crippen LogP contribution in [0.15, 0.2) is 36.5 Å². The molecule has 2 unspecified atom stereocenters. The van der Waals surface area contributed by atoms with Gasteiger partial charge in [0.05, 0.1) is 11.3 Å². The number of carbonyl (C=O) groups excluding carboxylic acids is 3. The third-order valence-electron chi connectivity index (χ3n) is 5.65. The molecule has 0 saturated carbocycles. The van der Waals surface area contributed by atoms with Crippen LogP contribution in [0.4, 0.5) is 27.2 Å². The second-order valence-corrected chi connectivity index (χ2v) is 8.47. The Morgan fingerprint density at radius 1 is 1.05 bits per heavy atom. The highest BCUT2D eigenvalue weighted by atomic mass is 19.4. The van der Waals surface area contributed by atoms with E-state index < -0.39 is 42.1 Å². The zero-order chi connectivity index (χ0) is 27.2. The average molecular weight is 529 g/mol. The maximum Gasteiger partial charge on any atom is 0.435 e. The number of rotatable bonds is 7. The smallest absolute Gasteiger partial charge is 0.435 e. The van der Waals surface area contributed by atoms with E-state index >= 15 is 0 Å². The number of para-hydroxylation sites is 1. The van der Waals surface area contributed by atoms with Crippen molar-refractivity contribution in [3.63, 3.8) is 0 Å². The lowest BCUT2D eigenvalue weighted by molar-refractivity contribution is -0.141. The molecule has 1 fully saturated rings. The van der Waals surface area contributed by atoms with Gasteiger partial charge in [-0.1, -0.05) is 18.2 Å². The standard InChI is InChI=1S/C23H28F4N6O4/c1-15-12-31(22(36)37-11-8-24)13-16(2)33(15)21(35)29-10-9-28-20(34)18-14-32(17-6-4-3-5-7-17)30-19(18)23(25,26)27/h3-7,14-16H,8-13H2,1-2H3,(H,28,34)(H,29,35). The molecule has 37 heavy (non-hydrogen) atoms. The Morgan fingerprint density at radius 2 is 1.68 bits per heavy atom. The molecule has 1 aliphatic heterocycles. The quantitative estimate of drug-likeness (QED) is 0.425. The van der Waals surface area contributed by atoms with Crippen LogP contribution in [0.5, 0.6) is 0 Å². The van der Waals surface area contributed by atoms with Crippen molar-refractivity contribution >= 4 is 18.0 Å². The Balaban J connectivity index is 1.54. The molecule has 0 spiro atoms. The summed E-state index contributed by atoms with van der Waals surface area (Å²) in [7, 11) is 0. The summed E-state index contributed by atoms with van der Waals surface area (Å²) < 4.78 is 58.5. The fourth-order valence-electron chi connectivity index (χ4n) is 4.08. The SMILES string of the molecule is CC1CN(C(=O)OCCF)CC(C)N1C(=O)NCCNC(=O)c1cn(-c2ccccc2)nc1C(F)(F)F. The Labute approximate surface area is 210 Å². The number of ether oxygens (including phenoxy) is 1. The molecule has 4 amide bonds. The minimum absolute atomic E-state index is 0.0447. The number of aromatic nitrogens is 2. The van der Waals surface area contributed by atoms with Crippen LogP contribution >= 0.6 is 0 Å². The molecule has 2 atom stereocenters. The first-order chi connectivity index (χ1) is 17.5. The van der Waals surface area contributed by atoms with Crippen molar-refractivity contribution in [3.8, 4) is 5.69 Å². The molecule has 10 nitrogen and oxygen atoms in total.